The number of para-hydroxylation sites is 1. The molecule has 0 spiro atoms. The highest BCUT2D eigenvalue weighted by Crippen LogP contribution is 2.28. The first-order chi connectivity index (χ1) is 12.6. The molecule has 2 amide bonds. The van der Waals surface area contributed by atoms with Crippen molar-refractivity contribution in [3.05, 3.63) is 67.0 Å². The summed E-state index contributed by atoms with van der Waals surface area (Å²) in [6, 6.07) is 13.0. The van der Waals surface area contributed by atoms with Crippen LogP contribution in [-0.4, -0.2) is 25.0 Å². The number of benzene rings is 2. The monoisotopic (exact) mass is 354 g/mol. The average molecular weight is 354 g/mol. The van der Waals surface area contributed by atoms with E-state index in [4.69, 9.17) is 4.74 Å². The van der Waals surface area contributed by atoms with Gasteiger partial charge in [0.25, 0.3) is 0 Å². The molecule has 0 saturated carbocycles. The number of carbonyl (C=O) groups is 2. The van der Waals surface area contributed by atoms with Crippen LogP contribution in [0.15, 0.2) is 61.2 Å². The number of nitrogens with zero attached hydrogens (tertiary/aromatic N) is 1. The first-order valence-electron chi connectivity index (χ1n) is 8.28. The van der Waals surface area contributed by atoms with E-state index in [0.29, 0.717) is 18.0 Å². The number of hydrogen-bond acceptors (Lipinski definition) is 3. The van der Waals surface area contributed by atoms with E-state index in [9.17, 15) is 14.0 Å². The highest BCUT2D eigenvalue weighted by atomic mass is 19.1. The predicted molar refractivity (Wildman–Crippen MR) is 97.6 cm³/mol. The fraction of sp³-hybridized carbons (Fsp3) is 0.200. The summed E-state index contributed by atoms with van der Waals surface area (Å²) in [5.74, 6) is -0.860. The first-order valence-corrected chi connectivity index (χ1v) is 8.28. The molecular formula is C20H19FN2O3. The highest BCUT2D eigenvalue weighted by Gasteiger charge is 2.36. The number of carbonyl (C=O) groups excluding carboxylic acids is 2. The maximum Gasteiger partial charge on any atom is 0.229 e. The minimum atomic E-state index is -0.529. The van der Waals surface area contributed by atoms with Gasteiger partial charge in [0.05, 0.1) is 11.6 Å². The Morgan fingerprint density at radius 2 is 2.00 bits per heavy atom. The van der Waals surface area contributed by atoms with E-state index in [2.05, 4.69) is 11.9 Å². The van der Waals surface area contributed by atoms with Crippen LogP contribution in [0, 0.1) is 11.7 Å². The molecule has 0 aromatic heterocycles. The molecule has 0 aliphatic carbocycles. The van der Waals surface area contributed by atoms with Crippen LogP contribution in [0.1, 0.15) is 6.42 Å². The van der Waals surface area contributed by atoms with Gasteiger partial charge in [0.1, 0.15) is 18.2 Å². The zero-order valence-corrected chi connectivity index (χ0v) is 14.2. The van der Waals surface area contributed by atoms with E-state index in [1.54, 1.807) is 42.5 Å². The summed E-state index contributed by atoms with van der Waals surface area (Å²) in [5, 5.41) is 2.79. The zero-order chi connectivity index (χ0) is 18.5. The van der Waals surface area contributed by atoms with Gasteiger partial charge in [-0.1, -0.05) is 24.8 Å². The lowest BCUT2D eigenvalue weighted by Crippen LogP contribution is -2.28. The summed E-state index contributed by atoms with van der Waals surface area (Å²) in [7, 11) is 0. The second-order valence-electron chi connectivity index (χ2n) is 5.97. The van der Waals surface area contributed by atoms with E-state index in [0.717, 1.165) is 0 Å². The molecule has 0 unspecified atom stereocenters. The molecule has 1 aliphatic rings. The first kappa shape index (κ1) is 17.7. The molecule has 0 radical (unpaired) electrons. The number of ether oxygens (including phenoxy) is 1. The molecule has 26 heavy (non-hydrogen) atoms. The van der Waals surface area contributed by atoms with Crippen LogP contribution in [0.3, 0.4) is 0 Å². The minimum absolute atomic E-state index is 0.0562. The van der Waals surface area contributed by atoms with Crippen LogP contribution in [0.5, 0.6) is 5.75 Å². The maximum absolute atomic E-state index is 13.9. The predicted octanol–water partition coefficient (Wildman–Crippen LogP) is 3.38. The van der Waals surface area contributed by atoms with E-state index in [1.165, 1.54) is 17.0 Å². The lowest BCUT2D eigenvalue weighted by molar-refractivity contribution is -0.122. The van der Waals surface area contributed by atoms with E-state index in [1.807, 2.05) is 0 Å². The molecule has 1 N–H and O–H groups in total. The second kappa shape index (κ2) is 7.82. The Labute approximate surface area is 151 Å². The van der Waals surface area contributed by atoms with Crippen molar-refractivity contribution >= 4 is 23.2 Å². The molecule has 2 aromatic rings. The largest absolute Gasteiger partial charge is 0.490 e. The van der Waals surface area contributed by atoms with Crippen molar-refractivity contribution in [1.82, 2.24) is 0 Å². The van der Waals surface area contributed by atoms with Gasteiger partial charge in [0, 0.05) is 18.7 Å². The van der Waals surface area contributed by atoms with Crippen LogP contribution in [0.25, 0.3) is 0 Å². The summed E-state index contributed by atoms with van der Waals surface area (Å²) in [5.41, 5.74) is 0.814. The smallest absolute Gasteiger partial charge is 0.229 e. The molecule has 0 bridgehead atoms. The van der Waals surface area contributed by atoms with Gasteiger partial charge in [-0.2, -0.15) is 0 Å². The Morgan fingerprint density at radius 3 is 2.69 bits per heavy atom. The fourth-order valence-electron chi connectivity index (χ4n) is 2.82. The van der Waals surface area contributed by atoms with Crippen molar-refractivity contribution in [2.45, 2.75) is 6.42 Å². The van der Waals surface area contributed by atoms with Crippen LogP contribution >= 0.6 is 0 Å². The highest BCUT2D eigenvalue weighted by molar-refractivity contribution is 6.03. The van der Waals surface area contributed by atoms with Crippen molar-refractivity contribution in [2.24, 2.45) is 5.92 Å². The molecule has 6 heteroatoms. The lowest BCUT2D eigenvalue weighted by atomic mass is 10.1. The molecule has 1 heterocycles. The second-order valence-corrected chi connectivity index (χ2v) is 5.97. The van der Waals surface area contributed by atoms with E-state index in [-0.39, 0.29) is 30.5 Å². The third-order valence-corrected chi connectivity index (χ3v) is 4.13. The zero-order valence-electron chi connectivity index (χ0n) is 14.2. The van der Waals surface area contributed by atoms with Crippen LogP contribution < -0.4 is 15.0 Å². The van der Waals surface area contributed by atoms with Gasteiger partial charge in [0.15, 0.2) is 0 Å². The average Bonchev–Trinajstić information content (AvgIpc) is 3.03. The van der Waals surface area contributed by atoms with Crippen molar-refractivity contribution in [1.29, 1.82) is 0 Å². The third kappa shape index (κ3) is 3.91. The number of hydrogen-bond donors (Lipinski definition) is 1. The lowest BCUT2D eigenvalue weighted by Gasteiger charge is -2.17. The molecule has 3 rings (SSSR count). The summed E-state index contributed by atoms with van der Waals surface area (Å²) >= 11 is 0. The third-order valence-electron chi connectivity index (χ3n) is 4.13. The Bertz CT molecular complexity index is 820. The number of rotatable bonds is 6. The SMILES string of the molecule is C=CCOc1ccc(NC(=O)[C@H]2CC(=O)N(c3ccccc3F)C2)cc1. The molecule has 1 atom stereocenters. The Morgan fingerprint density at radius 1 is 1.27 bits per heavy atom. The summed E-state index contributed by atoms with van der Waals surface area (Å²) in [6.45, 7) is 4.14. The van der Waals surface area contributed by atoms with Gasteiger partial charge < -0.3 is 15.0 Å². The molecule has 2 aromatic carbocycles. The normalized spacial score (nSPS) is 16.4. The summed E-state index contributed by atoms with van der Waals surface area (Å²) in [6.07, 6.45) is 1.70. The number of halogens is 1. The topological polar surface area (TPSA) is 58.6 Å². The number of anilines is 2. The standard InChI is InChI=1S/C20H19FN2O3/c1-2-11-26-16-9-7-15(8-10-16)22-20(25)14-12-19(24)23(13-14)18-6-4-3-5-17(18)21/h2-10,14H,1,11-13H2,(H,22,25)/t14-/m0/s1. The van der Waals surface area contributed by atoms with Gasteiger partial charge in [-0.15, -0.1) is 0 Å². The molecule has 134 valence electrons. The van der Waals surface area contributed by atoms with Crippen LogP contribution in [-0.2, 0) is 9.59 Å². The van der Waals surface area contributed by atoms with Crippen LogP contribution in [0.2, 0.25) is 0 Å². The van der Waals surface area contributed by atoms with Crippen molar-refractivity contribution in [3.8, 4) is 5.75 Å². The summed E-state index contributed by atoms with van der Waals surface area (Å²) < 4.78 is 19.3. The van der Waals surface area contributed by atoms with Gasteiger partial charge in [-0.25, -0.2) is 4.39 Å². The quantitative estimate of drug-likeness (QED) is 0.809. The molecule has 1 fully saturated rings. The van der Waals surface area contributed by atoms with Gasteiger partial charge in [0.2, 0.25) is 11.8 Å². The Hall–Kier alpha value is -3.15. The number of nitrogens with one attached hydrogen (secondary N) is 1. The number of amides is 2. The van der Waals surface area contributed by atoms with Crippen molar-refractivity contribution in [3.63, 3.8) is 0 Å². The molecule has 1 saturated heterocycles. The van der Waals surface area contributed by atoms with Crippen molar-refractivity contribution in [2.75, 3.05) is 23.4 Å². The fourth-order valence-corrected chi connectivity index (χ4v) is 2.82. The van der Waals surface area contributed by atoms with Gasteiger partial charge in [-0.3, -0.25) is 9.59 Å². The maximum atomic E-state index is 13.9. The summed E-state index contributed by atoms with van der Waals surface area (Å²) in [4.78, 5) is 26.0. The minimum Gasteiger partial charge on any atom is -0.490 e. The Balaban J connectivity index is 1.63. The Kier molecular flexibility index (Phi) is 5.31. The van der Waals surface area contributed by atoms with E-state index >= 15 is 0 Å². The molecule has 5 nitrogen and oxygen atoms in total. The molecular weight excluding hydrogens is 335 g/mol. The van der Waals surface area contributed by atoms with E-state index < -0.39 is 11.7 Å². The van der Waals surface area contributed by atoms with Gasteiger partial charge in [-0.05, 0) is 36.4 Å². The van der Waals surface area contributed by atoms with Crippen LogP contribution in [0.4, 0.5) is 15.8 Å². The molecule has 1 aliphatic heterocycles. The van der Waals surface area contributed by atoms with Crippen molar-refractivity contribution < 1.29 is 18.7 Å². The van der Waals surface area contributed by atoms with Gasteiger partial charge >= 0.3 is 0 Å².